The van der Waals surface area contributed by atoms with Crippen LogP contribution in [0.4, 0.5) is 10.1 Å². The van der Waals surface area contributed by atoms with Gasteiger partial charge in [-0.05, 0) is 18.2 Å². The fourth-order valence-corrected chi connectivity index (χ4v) is 1.87. The number of benzene rings is 1. The lowest BCUT2D eigenvalue weighted by atomic mass is 10.0. The van der Waals surface area contributed by atoms with Crippen molar-refractivity contribution < 1.29 is 4.39 Å². The van der Waals surface area contributed by atoms with Gasteiger partial charge in [-0.3, -0.25) is 0 Å². The summed E-state index contributed by atoms with van der Waals surface area (Å²) in [6.07, 6.45) is 0. The molecule has 0 amide bonds. The van der Waals surface area contributed by atoms with Crippen molar-refractivity contribution in [3.63, 3.8) is 0 Å². The second kappa shape index (κ2) is 4.37. The number of hydrogen-bond donors (Lipinski definition) is 1. The van der Waals surface area contributed by atoms with Gasteiger partial charge in [0.05, 0.1) is 5.02 Å². The van der Waals surface area contributed by atoms with Crippen molar-refractivity contribution in [3.05, 3.63) is 29.0 Å². The first-order valence-corrected chi connectivity index (χ1v) is 5.41. The first kappa shape index (κ1) is 10.7. The molecule has 4 heteroatoms. The van der Waals surface area contributed by atoms with Gasteiger partial charge in [-0.2, -0.15) is 0 Å². The van der Waals surface area contributed by atoms with Crippen LogP contribution in [0.3, 0.4) is 0 Å². The predicted octanol–water partition coefficient (Wildman–Crippen LogP) is 2.13. The maximum atomic E-state index is 12.9. The van der Waals surface area contributed by atoms with Crippen LogP contribution in [0, 0.1) is 11.7 Å². The standard InChI is InChI=1S/C11H14ClFN2/c1-15(7-8-5-14-6-8)9-2-3-11(13)10(12)4-9/h2-4,8,14H,5-7H2,1H3. The van der Waals surface area contributed by atoms with E-state index in [-0.39, 0.29) is 10.8 Å². The second-order valence-electron chi connectivity index (χ2n) is 4.00. The molecule has 0 bridgehead atoms. The lowest BCUT2D eigenvalue weighted by Crippen LogP contribution is -2.47. The summed E-state index contributed by atoms with van der Waals surface area (Å²) in [5, 5.41) is 3.41. The van der Waals surface area contributed by atoms with E-state index in [2.05, 4.69) is 10.2 Å². The summed E-state index contributed by atoms with van der Waals surface area (Å²) in [6.45, 7) is 3.12. The van der Waals surface area contributed by atoms with E-state index in [1.807, 2.05) is 7.05 Å². The van der Waals surface area contributed by atoms with Gasteiger partial charge >= 0.3 is 0 Å². The largest absolute Gasteiger partial charge is 0.374 e. The molecule has 1 aromatic carbocycles. The molecular formula is C11H14ClFN2. The molecule has 0 atom stereocenters. The van der Waals surface area contributed by atoms with Gasteiger partial charge < -0.3 is 10.2 Å². The Balaban J connectivity index is 2.03. The van der Waals surface area contributed by atoms with Crippen LogP contribution in [-0.4, -0.2) is 26.7 Å². The third-order valence-corrected chi connectivity index (χ3v) is 3.03. The fraction of sp³-hybridized carbons (Fsp3) is 0.455. The van der Waals surface area contributed by atoms with E-state index in [4.69, 9.17) is 11.6 Å². The Morgan fingerprint density at radius 1 is 1.53 bits per heavy atom. The van der Waals surface area contributed by atoms with Crippen LogP contribution in [0.2, 0.25) is 5.02 Å². The molecule has 1 aliphatic rings. The Bertz CT molecular complexity index is 352. The zero-order valence-electron chi connectivity index (χ0n) is 8.63. The van der Waals surface area contributed by atoms with E-state index >= 15 is 0 Å². The highest BCUT2D eigenvalue weighted by atomic mass is 35.5. The van der Waals surface area contributed by atoms with Gasteiger partial charge in [0.15, 0.2) is 0 Å². The zero-order valence-corrected chi connectivity index (χ0v) is 9.39. The van der Waals surface area contributed by atoms with E-state index < -0.39 is 0 Å². The minimum atomic E-state index is -0.362. The number of hydrogen-bond acceptors (Lipinski definition) is 2. The molecule has 2 nitrogen and oxygen atoms in total. The molecule has 1 N–H and O–H groups in total. The molecular weight excluding hydrogens is 215 g/mol. The second-order valence-corrected chi connectivity index (χ2v) is 4.41. The summed E-state index contributed by atoms with van der Waals surface area (Å²) in [6, 6.07) is 4.84. The van der Waals surface area contributed by atoms with Gasteiger partial charge in [0.25, 0.3) is 0 Å². The molecule has 2 rings (SSSR count). The van der Waals surface area contributed by atoms with Gasteiger partial charge in [-0.1, -0.05) is 11.6 Å². The van der Waals surface area contributed by atoms with Crippen molar-refractivity contribution in [1.29, 1.82) is 0 Å². The first-order valence-electron chi connectivity index (χ1n) is 5.03. The summed E-state index contributed by atoms with van der Waals surface area (Å²) >= 11 is 5.73. The van der Waals surface area contributed by atoms with Crippen molar-refractivity contribution in [2.24, 2.45) is 5.92 Å². The SMILES string of the molecule is CN(CC1CNC1)c1ccc(F)c(Cl)c1. The lowest BCUT2D eigenvalue weighted by Gasteiger charge is -2.32. The van der Waals surface area contributed by atoms with Crippen LogP contribution < -0.4 is 10.2 Å². The Morgan fingerprint density at radius 3 is 2.80 bits per heavy atom. The highest BCUT2D eigenvalue weighted by Gasteiger charge is 2.18. The molecule has 0 aromatic heterocycles. The Morgan fingerprint density at radius 2 is 2.27 bits per heavy atom. The number of nitrogens with one attached hydrogen (secondary N) is 1. The number of nitrogens with zero attached hydrogens (tertiary/aromatic N) is 1. The zero-order chi connectivity index (χ0) is 10.8. The van der Waals surface area contributed by atoms with Crippen molar-refractivity contribution in [2.45, 2.75) is 0 Å². The van der Waals surface area contributed by atoms with E-state index in [0.29, 0.717) is 5.92 Å². The summed E-state index contributed by atoms with van der Waals surface area (Å²) in [4.78, 5) is 2.11. The monoisotopic (exact) mass is 228 g/mol. The van der Waals surface area contributed by atoms with E-state index in [1.54, 1.807) is 12.1 Å². The summed E-state index contributed by atoms with van der Waals surface area (Å²) in [5.41, 5.74) is 0.966. The van der Waals surface area contributed by atoms with Crippen molar-refractivity contribution in [3.8, 4) is 0 Å². The van der Waals surface area contributed by atoms with Crippen LogP contribution in [0.15, 0.2) is 18.2 Å². The molecule has 82 valence electrons. The molecule has 0 radical (unpaired) electrons. The molecule has 1 aliphatic heterocycles. The Labute approximate surface area is 94.0 Å². The smallest absolute Gasteiger partial charge is 0.141 e. The maximum Gasteiger partial charge on any atom is 0.141 e. The van der Waals surface area contributed by atoms with E-state index in [9.17, 15) is 4.39 Å². The quantitative estimate of drug-likeness (QED) is 0.853. The van der Waals surface area contributed by atoms with E-state index in [1.165, 1.54) is 6.07 Å². The number of halogens is 2. The van der Waals surface area contributed by atoms with Crippen LogP contribution in [0.1, 0.15) is 0 Å². The molecule has 15 heavy (non-hydrogen) atoms. The average molecular weight is 229 g/mol. The third-order valence-electron chi connectivity index (χ3n) is 2.74. The Hall–Kier alpha value is -0.800. The molecule has 0 unspecified atom stereocenters. The first-order chi connectivity index (χ1) is 7.16. The van der Waals surface area contributed by atoms with Gasteiger partial charge in [0.1, 0.15) is 5.82 Å². The summed E-state index contributed by atoms with van der Waals surface area (Å²) in [5.74, 6) is 0.331. The average Bonchev–Trinajstić information content (AvgIpc) is 2.15. The third kappa shape index (κ3) is 2.41. The fourth-order valence-electron chi connectivity index (χ4n) is 1.69. The normalized spacial score (nSPS) is 16.2. The van der Waals surface area contributed by atoms with E-state index in [0.717, 1.165) is 25.3 Å². The molecule has 1 saturated heterocycles. The molecule has 1 aromatic rings. The minimum Gasteiger partial charge on any atom is -0.374 e. The lowest BCUT2D eigenvalue weighted by molar-refractivity contribution is 0.353. The Kier molecular flexibility index (Phi) is 3.12. The van der Waals surface area contributed by atoms with Crippen LogP contribution in [0.5, 0.6) is 0 Å². The van der Waals surface area contributed by atoms with Crippen LogP contribution >= 0.6 is 11.6 Å². The highest BCUT2D eigenvalue weighted by molar-refractivity contribution is 6.31. The van der Waals surface area contributed by atoms with Gasteiger partial charge in [-0.25, -0.2) is 4.39 Å². The van der Waals surface area contributed by atoms with Gasteiger partial charge in [0.2, 0.25) is 0 Å². The molecule has 0 aliphatic carbocycles. The summed E-state index contributed by atoms with van der Waals surface area (Å²) in [7, 11) is 2.00. The van der Waals surface area contributed by atoms with Crippen molar-refractivity contribution >= 4 is 17.3 Å². The molecule has 0 saturated carbocycles. The molecule has 1 heterocycles. The topological polar surface area (TPSA) is 15.3 Å². The number of anilines is 1. The molecule has 1 fully saturated rings. The van der Waals surface area contributed by atoms with Crippen molar-refractivity contribution in [1.82, 2.24) is 5.32 Å². The maximum absolute atomic E-state index is 12.9. The van der Waals surface area contributed by atoms with Gasteiger partial charge in [0, 0.05) is 38.3 Å². The summed E-state index contributed by atoms with van der Waals surface area (Å²) < 4.78 is 12.9. The number of rotatable bonds is 3. The highest BCUT2D eigenvalue weighted by Crippen LogP contribution is 2.22. The van der Waals surface area contributed by atoms with Crippen molar-refractivity contribution in [2.75, 3.05) is 31.6 Å². The van der Waals surface area contributed by atoms with Crippen LogP contribution in [-0.2, 0) is 0 Å². The minimum absolute atomic E-state index is 0.186. The van der Waals surface area contributed by atoms with Gasteiger partial charge in [-0.15, -0.1) is 0 Å². The molecule has 0 spiro atoms. The predicted molar refractivity (Wildman–Crippen MR) is 61.0 cm³/mol. The van der Waals surface area contributed by atoms with Crippen LogP contribution in [0.25, 0.3) is 0 Å².